The Labute approximate surface area is 233 Å². The van der Waals surface area contributed by atoms with Gasteiger partial charge in [-0.25, -0.2) is 4.98 Å². The predicted molar refractivity (Wildman–Crippen MR) is 150 cm³/mol. The molecular weight excluding hydrogens is 516 g/mol. The molecule has 2 amide bonds. The number of anilines is 1. The molecule has 0 radical (unpaired) electrons. The number of nitrogens with zero attached hydrogens (tertiary/aromatic N) is 5. The van der Waals surface area contributed by atoms with Crippen LogP contribution < -0.4 is 21.1 Å². The Morgan fingerprint density at radius 1 is 1.25 bits per heavy atom. The summed E-state index contributed by atoms with van der Waals surface area (Å²) in [6, 6.07) is 5.05. The minimum absolute atomic E-state index is 0.203. The van der Waals surface area contributed by atoms with Crippen molar-refractivity contribution in [2.75, 3.05) is 26.0 Å². The molecule has 6 N–H and O–H groups in total. The van der Waals surface area contributed by atoms with Crippen molar-refractivity contribution in [2.24, 2.45) is 5.73 Å². The van der Waals surface area contributed by atoms with Crippen LogP contribution in [-0.2, 0) is 13.1 Å². The van der Waals surface area contributed by atoms with E-state index in [-0.39, 0.29) is 23.6 Å². The molecule has 0 bridgehead atoms. The van der Waals surface area contributed by atoms with Crippen LogP contribution in [0.2, 0.25) is 0 Å². The lowest BCUT2D eigenvalue weighted by molar-refractivity contribution is -0.0475. The maximum atomic E-state index is 13.2. The number of hydrogen-bond acceptors (Lipinski definition) is 9. The summed E-state index contributed by atoms with van der Waals surface area (Å²) in [4.78, 5) is 31.7. The maximum absolute atomic E-state index is 13.2. The number of nitrogens with two attached hydrogens (primary N) is 1. The third-order valence-electron chi connectivity index (χ3n) is 7.48. The summed E-state index contributed by atoms with van der Waals surface area (Å²) in [5.74, 6) is -0.279. The van der Waals surface area contributed by atoms with Crippen molar-refractivity contribution in [3.05, 3.63) is 35.2 Å². The zero-order valence-corrected chi connectivity index (χ0v) is 23.6. The third kappa shape index (κ3) is 6.44. The number of primary amides is 1. The molecule has 1 unspecified atom stereocenters. The highest BCUT2D eigenvalue weighted by molar-refractivity contribution is 6.04. The van der Waals surface area contributed by atoms with Crippen molar-refractivity contribution >= 4 is 28.8 Å². The van der Waals surface area contributed by atoms with Crippen molar-refractivity contribution in [3.8, 4) is 5.75 Å². The Hall–Kier alpha value is -3.52. The number of amides is 2. The van der Waals surface area contributed by atoms with Gasteiger partial charge in [-0.1, -0.05) is 0 Å². The fourth-order valence-corrected chi connectivity index (χ4v) is 5.25. The van der Waals surface area contributed by atoms with Gasteiger partial charge in [-0.15, -0.1) is 0 Å². The van der Waals surface area contributed by atoms with Gasteiger partial charge >= 0.3 is 0 Å². The molecular formula is C27H40N8O5. The molecule has 218 valence electrons. The molecule has 4 rings (SSSR count). The number of imidazole rings is 1. The third-order valence-corrected chi connectivity index (χ3v) is 7.48. The Bertz CT molecular complexity index is 1340. The van der Waals surface area contributed by atoms with E-state index < -0.39 is 12.3 Å². The Morgan fingerprint density at radius 2 is 1.98 bits per heavy atom. The van der Waals surface area contributed by atoms with E-state index in [4.69, 9.17) is 10.5 Å². The topological polar surface area (TPSA) is 173 Å². The summed E-state index contributed by atoms with van der Waals surface area (Å²) in [5, 5.41) is 30.9. The number of benzene rings is 1. The van der Waals surface area contributed by atoms with Crippen molar-refractivity contribution in [1.82, 2.24) is 29.5 Å². The fraction of sp³-hybridized carbons (Fsp3) is 0.556. The predicted octanol–water partition coefficient (Wildman–Crippen LogP) is 1.41. The van der Waals surface area contributed by atoms with Gasteiger partial charge in [0, 0.05) is 31.2 Å². The van der Waals surface area contributed by atoms with Crippen molar-refractivity contribution in [3.63, 3.8) is 0 Å². The number of rotatable bonds is 12. The number of hydrogen-bond donors (Lipinski definition) is 5. The number of carbonyl (C=O) groups excluding carboxylic acids is 2. The summed E-state index contributed by atoms with van der Waals surface area (Å²) in [6.45, 7) is 5.18. The largest absolute Gasteiger partial charge is 0.494 e. The standard InChI is InChI=1S/C27H40N8O5/c1-5-35-21(13-16(2)32-35)25(38)31-26-30-20-14-17(24(28)37)15-22(40-4)23(20)34(26)12-6-11-29-27(39)33(3)18-7-9-19(36)10-8-18/h13-15,18-19,27,29,36,39H,5-12H2,1-4H3,(H2,28,37)(H,30,31,38). The molecule has 13 nitrogen and oxygen atoms in total. The van der Waals surface area contributed by atoms with Crippen LogP contribution in [0.3, 0.4) is 0 Å². The molecule has 0 saturated heterocycles. The number of fused-ring (bicyclic) bond motifs is 1. The highest BCUT2D eigenvalue weighted by Gasteiger charge is 2.26. The summed E-state index contributed by atoms with van der Waals surface area (Å²) in [6.07, 6.45) is 2.66. The average molecular weight is 557 g/mol. The lowest BCUT2D eigenvalue weighted by atomic mass is 9.92. The van der Waals surface area contributed by atoms with Gasteiger partial charge in [0.1, 0.15) is 17.0 Å². The van der Waals surface area contributed by atoms with Gasteiger partial charge in [-0.3, -0.25) is 29.8 Å². The number of aromatic nitrogens is 4. The van der Waals surface area contributed by atoms with E-state index in [0.29, 0.717) is 54.5 Å². The van der Waals surface area contributed by atoms with Gasteiger partial charge in [0.2, 0.25) is 11.9 Å². The monoisotopic (exact) mass is 556 g/mol. The molecule has 1 aromatic carbocycles. The highest BCUT2D eigenvalue weighted by Crippen LogP contribution is 2.31. The molecule has 3 aromatic rings. The summed E-state index contributed by atoms with van der Waals surface area (Å²) < 4.78 is 9.03. The molecule has 2 heterocycles. The first-order valence-electron chi connectivity index (χ1n) is 13.7. The average Bonchev–Trinajstić information content (AvgIpc) is 3.49. The number of carbonyl (C=O) groups is 2. The van der Waals surface area contributed by atoms with Crippen molar-refractivity contribution in [2.45, 2.75) is 77.5 Å². The Balaban J connectivity index is 1.53. The Morgan fingerprint density at radius 3 is 2.62 bits per heavy atom. The van der Waals surface area contributed by atoms with Crippen LogP contribution in [0.25, 0.3) is 11.0 Å². The van der Waals surface area contributed by atoms with E-state index in [9.17, 15) is 19.8 Å². The highest BCUT2D eigenvalue weighted by atomic mass is 16.5. The number of nitrogens with one attached hydrogen (secondary N) is 2. The summed E-state index contributed by atoms with van der Waals surface area (Å²) in [5.41, 5.74) is 7.97. The van der Waals surface area contributed by atoms with Gasteiger partial charge in [0.25, 0.3) is 5.91 Å². The van der Waals surface area contributed by atoms with Crippen molar-refractivity contribution in [1.29, 1.82) is 0 Å². The normalized spacial score (nSPS) is 18.3. The molecule has 0 aliphatic heterocycles. The molecule has 40 heavy (non-hydrogen) atoms. The van der Waals surface area contributed by atoms with E-state index in [2.05, 4.69) is 20.7 Å². The molecule has 1 aliphatic rings. The number of methoxy groups -OCH3 is 1. The molecule has 2 aromatic heterocycles. The van der Waals surface area contributed by atoms with Crippen LogP contribution in [0.15, 0.2) is 18.2 Å². The van der Waals surface area contributed by atoms with Crippen molar-refractivity contribution < 1.29 is 24.5 Å². The first kappa shape index (κ1) is 29.5. The van der Waals surface area contributed by atoms with E-state index >= 15 is 0 Å². The molecule has 13 heteroatoms. The fourth-order valence-electron chi connectivity index (χ4n) is 5.25. The number of aryl methyl sites for hydroxylation is 3. The quantitative estimate of drug-likeness (QED) is 0.163. The van der Waals surface area contributed by atoms with Gasteiger partial charge in [-0.2, -0.15) is 5.10 Å². The number of ether oxygens (including phenoxy) is 1. The summed E-state index contributed by atoms with van der Waals surface area (Å²) >= 11 is 0. The van der Waals surface area contributed by atoms with Crippen LogP contribution >= 0.6 is 0 Å². The smallest absolute Gasteiger partial charge is 0.276 e. The summed E-state index contributed by atoms with van der Waals surface area (Å²) in [7, 11) is 3.37. The Kier molecular flexibility index (Phi) is 9.40. The maximum Gasteiger partial charge on any atom is 0.276 e. The number of aliphatic hydroxyl groups excluding tert-OH is 2. The zero-order chi connectivity index (χ0) is 29.0. The van der Waals surface area contributed by atoms with E-state index in [1.54, 1.807) is 22.9 Å². The minimum Gasteiger partial charge on any atom is -0.494 e. The molecule has 1 atom stereocenters. The van der Waals surface area contributed by atoms with Crippen LogP contribution in [0, 0.1) is 6.92 Å². The number of aliphatic hydroxyl groups is 2. The minimum atomic E-state index is -0.829. The SMILES string of the molecule is CCn1nc(C)cc1C(=O)Nc1nc2cc(C(N)=O)cc(OC)c2n1CCCNC(O)N(C)C1CCC(O)CC1. The lowest BCUT2D eigenvalue weighted by Crippen LogP contribution is -2.50. The van der Waals surface area contributed by atoms with Gasteiger partial charge in [0.05, 0.1) is 24.4 Å². The van der Waals surface area contributed by atoms with E-state index in [1.165, 1.54) is 7.11 Å². The molecule has 0 spiro atoms. The van der Waals surface area contributed by atoms with Gasteiger partial charge < -0.3 is 25.3 Å². The molecule has 1 aliphatic carbocycles. The van der Waals surface area contributed by atoms with Gasteiger partial charge in [0.15, 0.2) is 6.35 Å². The molecule has 1 fully saturated rings. The van der Waals surface area contributed by atoms with Crippen LogP contribution in [-0.4, -0.2) is 85.5 Å². The van der Waals surface area contributed by atoms with Crippen LogP contribution in [0.5, 0.6) is 5.75 Å². The zero-order valence-electron chi connectivity index (χ0n) is 23.6. The second-order valence-electron chi connectivity index (χ2n) is 10.2. The second-order valence-corrected chi connectivity index (χ2v) is 10.2. The van der Waals surface area contributed by atoms with Gasteiger partial charge in [-0.05, 0) is 71.2 Å². The lowest BCUT2D eigenvalue weighted by Gasteiger charge is -2.36. The van der Waals surface area contributed by atoms with E-state index in [0.717, 1.165) is 31.4 Å². The molecule has 1 saturated carbocycles. The van der Waals surface area contributed by atoms with E-state index in [1.807, 2.05) is 30.4 Å². The first-order valence-corrected chi connectivity index (χ1v) is 13.7. The second kappa shape index (κ2) is 12.8. The first-order chi connectivity index (χ1) is 19.1. The van der Waals surface area contributed by atoms with Crippen LogP contribution in [0.1, 0.15) is 65.6 Å². The van der Waals surface area contributed by atoms with Crippen LogP contribution in [0.4, 0.5) is 5.95 Å².